The van der Waals surface area contributed by atoms with Gasteiger partial charge >= 0.3 is 0 Å². The van der Waals surface area contributed by atoms with E-state index < -0.39 is 0 Å². The van der Waals surface area contributed by atoms with Gasteiger partial charge in [-0.15, -0.1) is 11.3 Å². The smallest absolute Gasteiger partial charge is 0.267 e. The molecule has 4 nitrogen and oxygen atoms in total. The number of benzene rings is 1. The molecular formula is C20H21ClN3OS2+. The maximum atomic E-state index is 13.6. The second-order valence-electron chi connectivity index (χ2n) is 7.08. The van der Waals surface area contributed by atoms with Gasteiger partial charge < -0.3 is 4.90 Å². The molecule has 4 rings (SSSR count). The molecule has 0 bridgehead atoms. The Kier molecular flexibility index (Phi) is 5.16. The number of halogens is 1. The second kappa shape index (κ2) is 7.43. The number of hydrogen-bond acceptors (Lipinski definition) is 4. The van der Waals surface area contributed by atoms with Crippen molar-refractivity contribution in [3.8, 4) is 5.69 Å². The number of rotatable bonds is 4. The van der Waals surface area contributed by atoms with E-state index in [9.17, 15) is 4.79 Å². The van der Waals surface area contributed by atoms with Gasteiger partial charge in [0.1, 0.15) is 11.4 Å². The summed E-state index contributed by atoms with van der Waals surface area (Å²) in [4.78, 5) is 22.1. The first-order chi connectivity index (χ1) is 12.9. The third kappa shape index (κ3) is 3.59. The number of likely N-dealkylation sites (N-methyl/N-ethyl adjacent to an activating group) is 1. The maximum absolute atomic E-state index is 13.6. The summed E-state index contributed by atoms with van der Waals surface area (Å²) in [7, 11) is 2.19. The van der Waals surface area contributed by atoms with Gasteiger partial charge in [0.05, 0.1) is 29.5 Å². The molecule has 0 spiro atoms. The van der Waals surface area contributed by atoms with E-state index in [1.165, 1.54) is 15.3 Å². The lowest BCUT2D eigenvalue weighted by Crippen LogP contribution is -3.08. The van der Waals surface area contributed by atoms with Crippen LogP contribution in [-0.4, -0.2) is 28.9 Å². The Bertz CT molecular complexity index is 1100. The van der Waals surface area contributed by atoms with Gasteiger partial charge in [0.2, 0.25) is 0 Å². The van der Waals surface area contributed by atoms with E-state index in [0.717, 1.165) is 46.7 Å². The molecule has 0 saturated heterocycles. The molecule has 0 saturated carbocycles. The fourth-order valence-corrected chi connectivity index (χ4v) is 5.78. The number of aromatic nitrogens is 2. The maximum Gasteiger partial charge on any atom is 0.267 e. The predicted octanol–water partition coefficient (Wildman–Crippen LogP) is 3.34. The van der Waals surface area contributed by atoms with Crippen LogP contribution in [0.3, 0.4) is 0 Å². The Morgan fingerprint density at radius 3 is 3.04 bits per heavy atom. The summed E-state index contributed by atoms with van der Waals surface area (Å²) in [6, 6.07) is 7.40. The van der Waals surface area contributed by atoms with E-state index in [1.54, 1.807) is 27.7 Å². The van der Waals surface area contributed by atoms with Gasteiger partial charge in [-0.25, -0.2) is 4.98 Å². The second-order valence-corrected chi connectivity index (χ2v) is 9.54. The topological polar surface area (TPSA) is 39.3 Å². The van der Waals surface area contributed by atoms with E-state index in [-0.39, 0.29) is 5.56 Å². The molecule has 2 aromatic heterocycles. The molecule has 1 aliphatic heterocycles. The van der Waals surface area contributed by atoms with Gasteiger partial charge in [0, 0.05) is 17.2 Å². The standard InChI is InChI=1S/C20H20ClN3OS2/c1-12(2)11-26-20-22-18-17(15-7-8-23(3)10-16(15)27-18)19(25)24(20)14-6-4-5-13(21)9-14/h4-6,9H,1,7-8,10-11H2,2-3H3/p+1. The van der Waals surface area contributed by atoms with E-state index in [2.05, 4.69) is 13.6 Å². The highest BCUT2D eigenvalue weighted by Crippen LogP contribution is 2.32. The monoisotopic (exact) mass is 418 g/mol. The van der Waals surface area contributed by atoms with Gasteiger partial charge in [-0.05, 0) is 30.7 Å². The lowest BCUT2D eigenvalue weighted by Gasteiger charge is -2.19. The van der Waals surface area contributed by atoms with Crippen molar-refractivity contribution >= 4 is 44.9 Å². The lowest BCUT2D eigenvalue weighted by molar-refractivity contribution is -0.895. The average Bonchev–Trinajstić information content (AvgIpc) is 2.97. The molecule has 3 heterocycles. The molecule has 140 valence electrons. The highest BCUT2D eigenvalue weighted by molar-refractivity contribution is 7.99. The summed E-state index contributed by atoms with van der Waals surface area (Å²) in [6.45, 7) is 7.96. The molecule has 1 unspecified atom stereocenters. The summed E-state index contributed by atoms with van der Waals surface area (Å²) in [5.41, 5.74) is 2.99. The number of nitrogens with zero attached hydrogens (tertiary/aromatic N) is 2. The number of thioether (sulfide) groups is 1. The molecule has 1 aromatic carbocycles. The van der Waals surface area contributed by atoms with Crippen LogP contribution < -0.4 is 10.5 Å². The number of hydrogen-bond donors (Lipinski definition) is 1. The summed E-state index contributed by atoms with van der Waals surface area (Å²) in [6.07, 6.45) is 0.923. The Morgan fingerprint density at radius 1 is 1.48 bits per heavy atom. The first kappa shape index (κ1) is 18.7. The van der Waals surface area contributed by atoms with Crippen LogP contribution in [0.4, 0.5) is 0 Å². The van der Waals surface area contributed by atoms with E-state index in [1.807, 2.05) is 31.2 Å². The van der Waals surface area contributed by atoms with Gasteiger partial charge in [-0.1, -0.05) is 41.6 Å². The van der Waals surface area contributed by atoms with Gasteiger partial charge in [-0.3, -0.25) is 9.36 Å². The highest BCUT2D eigenvalue weighted by Gasteiger charge is 2.26. The van der Waals surface area contributed by atoms with Crippen LogP contribution >= 0.6 is 34.7 Å². The minimum absolute atomic E-state index is 0.00327. The van der Waals surface area contributed by atoms with Crippen LogP contribution in [0.25, 0.3) is 15.9 Å². The third-order valence-corrected chi connectivity index (χ3v) is 7.19. The largest absolute Gasteiger partial charge is 0.333 e. The number of thiophene rings is 1. The summed E-state index contributed by atoms with van der Waals surface area (Å²) in [5.74, 6) is 0.719. The molecule has 0 amide bonds. The molecule has 7 heteroatoms. The Balaban J connectivity index is 1.97. The summed E-state index contributed by atoms with van der Waals surface area (Å²) >= 11 is 9.41. The van der Waals surface area contributed by atoms with Crippen molar-refractivity contribution in [1.82, 2.24) is 9.55 Å². The minimum atomic E-state index is 0.00327. The summed E-state index contributed by atoms with van der Waals surface area (Å²) < 4.78 is 1.71. The first-order valence-electron chi connectivity index (χ1n) is 8.85. The lowest BCUT2D eigenvalue weighted by atomic mass is 10.1. The van der Waals surface area contributed by atoms with Gasteiger partial charge in [-0.2, -0.15) is 0 Å². The third-order valence-electron chi connectivity index (χ3n) is 4.66. The number of nitrogens with one attached hydrogen (secondary N) is 1. The molecular weight excluding hydrogens is 398 g/mol. The summed E-state index contributed by atoms with van der Waals surface area (Å²) in [5, 5.41) is 2.08. The Labute approximate surface area is 171 Å². The zero-order valence-corrected chi connectivity index (χ0v) is 17.7. The van der Waals surface area contributed by atoms with E-state index in [4.69, 9.17) is 16.6 Å². The minimum Gasteiger partial charge on any atom is -0.333 e. The molecule has 0 fully saturated rings. The van der Waals surface area contributed by atoms with Crippen molar-refractivity contribution in [1.29, 1.82) is 0 Å². The average molecular weight is 419 g/mol. The Morgan fingerprint density at radius 2 is 2.30 bits per heavy atom. The van der Waals surface area contributed by atoms with Crippen LogP contribution in [0.1, 0.15) is 17.4 Å². The molecule has 1 N–H and O–H groups in total. The van der Waals surface area contributed by atoms with Crippen molar-refractivity contribution in [2.24, 2.45) is 0 Å². The van der Waals surface area contributed by atoms with Crippen LogP contribution in [-0.2, 0) is 13.0 Å². The molecule has 1 atom stereocenters. The molecule has 0 aliphatic carbocycles. The molecule has 3 aromatic rings. The van der Waals surface area contributed by atoms with E-state index >= 15 is 0 Å². The van der Waals surface area contributed by atoms with Crippen molar-refractivity contribution in [2.45, 2.75) is 25.0 Å². The fourth-order valence-electron chi connectivity index (χ4n) is 3.37. The van der Waals surface area contributed by atoms with Crippen molar-refractivity contribution in [2.75, 3.05) is 19.3 Å². The Hall–Kier alpha value is -1.60. The van der Waals surface area contributed by atoms with Crippen LogP contribution in [0.15, 0.2) is 46.4 Å². The zero-order valence-electron chi connectivity index (χ0n) is 15.3. The van der Waals surface area contributed by atoms with Crippen LogP contribution in [0, 0.1) is 0 Å². The normalized spacial score (nSPS) is 16.5. The SMILES string of the molecule is C=C(C)CSc1nc2sc3c(c2c(=O)n1-c1cccc(Cl)c1)CC[NH+](C)C3. The zero-order chi connectivity index (χ0) is 19.1. The van der Waals surface area contributed by atoms with Crippen LogP contribution in [0.2, 0.25) is 5.02 Å². The van der Waals surface area contributed by atoms with Crippen molar-refractivity contribution in [3.63, 3.8) is 0 Å². The highest BCUT2D eigenvalue weighted by atomic mass is 35.5. The van der Waals surface area contributed by atoms with Gasteiger partial charge in [0.15, 0.2) is 5.16 Å². The van der Waals surface area contributed by atoms with Crippen molar-refractivity contribution < 1.29 is 4.90 Å². The molecule has 27 heavy (non-hydrogen) atoms. The molecule has 1 aliphatic rings. The first-order valence-corrected chi connectivity index (χ1v) is 11.0. The van der Waals surface area contributed by atoms with E-state index in [0.29, 0.717) is 10.2 Å². The quantitative estimate of drug-likeness (QED) is 0.401. The van der Waals surface area contributed by atoms with Crippen molar-refractivity contribution in [3.05, 3.63) is 62.2 Å². The molecule has 0 radical (unpaired) electrons. The fraction of sp³-hybridized carbons (Fsp3) is 0.300. The predicted molar refractivity (Wildman–Crippen MR) is 115 cm³/mol. The number of quaternary nitrogens is 1. The number of fused-ring (bicyclic) bond motifs is 3. The van der Waals surface area contributed by atoms with Crippen LogP contribution in [0.5, 0.6) is 0 Å². The van der Waals surface area contributed by atoms with Gasteiger partial charge in [0.25, 0.3) is 5.56 Å².